The monoisotopic (exact) mass is 319 g/mol. The van der Waals surface area contributed by atoms with E-state index in [1.54, 1.807) is 28.7 Å². The van der Waals surface area contributed by atoms with E-state index in [0.717, 1.165) is 23.3 Å². The summed E-state index contributed by atoms with van der Waals surface area (Å²) in [6, 6.07) is 4.18. The molecule has 0 radical (unpaired) electrons. The van der Waals surface area contributed by atoms with Crippen molar-refractivity contribution in [3.63, 3.8) is 0 Å². The van der Waals surface area contributed by atoms with Gasteiger partial charge in [-0.1, -0.05) is 26.0 Å². The van der Waals surface area contributed by atoms with E-state index in [4.69, 9.17) is 5.10 Å². The maximum absolute atomic E-state index is 4.70. The Labute approximate surface area is 134 Å². The first kappa shape index (κ1) is 15.9. The van der Waals surface area contributed by atoms with Crippen molar-refractivity contribution in [2.75, 3.05) is 6.54 Å². The molecular weight excluding hydrogens is 298 g/mol. The summed E-state index contributed by atoms with van der Waals surface area (Å²) in [6.07, 6.45) is 6.08. The summed E-state index contributed by atoms with van der Waals surface area (Å²) in [5.74, 6) is 0.515. The van der Waals surface area contributed by atoms with E-state index in [9.17, 15) is 0 Å². The second-order valence-electron chi connectivity index (χ2n) is 4.66. The van der Waals surface area contributed by atoms with E-state index in [1.807, 2.05) is 4.68 Å². The third kappa shape index (κ3) is 4.02. The second-order valence-corrected chi connectivity index (χ2v) is 6.45. The topological polar surface area (TPSA) is 29.6 Å². The molecule has 0 amide bonds. The molecule has 2 heterocycles. The molecule has 0 aliphatic carbocycles. The lowest BCUT2D eigenvalue weighted by molar-refractivity contribution is 0.647. The van der Waals surface area contributed by atoms with Crippen molar-refractivity contribution in [3.8, 4) is 10.6 Å². The maximum atomic E-state index is 4.70. The van der Waals surface area contributed by atoms with Crippen molar-refractivity contribution in [3.05, 3.63) is 40.3 Å². The maximum Gasteiger partial charge on any atom is 0.206 e. The van der Waals surface area contributed by atoms with E-state index < -0.39 is 0 Å². The molecule has 2 aromatic heterocycles. The van der Waals surface area contributed by atoms with Crippen LogP contribution in [0.2, 0.25) is 0 Å². The fraction of sp³-hybridized carbons (Fsp3) is 0.375. The Kier molecular flexibility index (Phi) is 6.14. The van der Waals surface area contributed by atoms with Gasteiger partial charge in [0.2, 0.25) is 4.80 Å². The van der Waals surface area contributed by atoms with Gasteiger partial charge in [0, 0.05) is 11.6 Å². The van der Waals surface area contributed by atoms with Gasteiger partial charge in [-0.2, -0.15) is 5.10 Å². The molecule has 0 bridgehead atoms. The van der Waals surface area contributed by atoms with Crippen molar-refractivity contribution < 1.29 is 0 Å². The van der Waals surface area contributed by atoms with Gasteiger partial charge in [-0.25, -0.2) is 4.68 Å². The van der Waals surface area contributed by atoms with Gasteiger partial charge in [0.25, 0.3) is 0 Å². The number of aromatic nitrogens is 1. The standard InChI is InChI=1S/C16H21N3S2/c1-4-9-17-16-19(18-11-13(5-2)6-3)14(12-21-16)15-8-7-10-20-15/h4,7-8,10-13H,1,5-6,9H2,2-3H3. The first-order valence-corrected chi connectivity index (χ1v) is 8.96. The molecule has 0 aromatic carbocycles. The van der Waals surface area contributed by atoms with Crippen molar-refractivity contribution in [2.45, 2.75) is 26.7 Å². The molecule has 21 heavy (non-hydrogen) atoms. The normalized spacial score (nSPS) is 12.6. The highest BCUT2D eigenvalue weighted by Gasteiger charge is 2.08. The van der Waals surface area contributed by atoms with Gasteiger partial charge in [0.15, 0.2) is 0 Å². The van der Waals surface area contributed by atoms with E-state index in [1.165, 1.54) is 4.88 Å². The third-order valence-electron chi connectivity index (χ3n) is 3.26. The average Bonchev–Trinajstić information content (AvgIpc) is 3.15. The number of hydrogen-bond donors (Lipinski definition) is 0. The first-order chi connectivity index (χ1) is 10.3. The van der Waals surface area contributed by atoms with Crippen LogP contribution in [0.15, 0.2) is 45.6 Å². The summed E-state index contributed by atoms with van der Waals surface area (Å²) in [4.78, 5) is 6.67. The fourth-order valence-corrected chi connectivity index (χ4v) is 3.56. The Morgan fingerprint density at radius 1 is 1.33 bits per heavy atom. The van der Waals surface area contributed by atoms with Gasteiger partial charge in [-0.3, -0.25) is 4.99 Å². The second kappa shape index (κ2) is 8.10. The molecule has 3 nitrogen and oxygen atoms in total. The third-order valence-corrected chi connectivity index (χ3v) is 5.00. The SMILES string of the molecule is C=CCN=c1scc(-c2cccs2)n1N=CC(CC)CC. The lowest BCUT2D eigenvalue weighted by atomic mass is 10.1. The van der Waals surface area contributed by atoms with E-state index >= 15 is 0 Å². The number of hydrogen-bond acceptors (Lipinski definition) is 4. The predicted octanol–water partition coefficient (Wildman–Crippen LogP) is 4.63. The molecule has 2 aromatic rings. The van der Waals surface area contributed by atoms with Gasteiger partial charge in [0.05, 0.1) is 17.1 Å². The van der Waals surface area contributed by atoms with Gasteiger partial charge in [-0.05, 0) is 30.2 Å². The van der Waals surface area contributed by atoms with Gasteiger partial charge in [-0.15, -0.1) is 29.3 Å². The summed E-state index contributed by atoms with van der Waals surface area (Å²) in [7, 11) is 0. The minimum atomic E-state index is 0.515. The molecule has 112 valence electrons. The van der Waals surface area contributed by atoms with Crippen molar-refractivity contribution in [2.24, 2.45) is 16.0 Å². The van der Waals surface area contributed by atoms with Crippen molar-refractivity contribution in [1.82, 2.24) is 4.68 Å². The molecule has 0 N–H and O–H groups in total. The largest absolute Gasteiger partial charge is 0.253 e. The van der Waals surface area contributed by atoms with E-state index in [2.05, 4.69) is 54.5 Å². The molecule has 0 unspecified atom stereocenters. The number of nitrogens with zero attached hydrogens (tertiary/aromatic N) is 3. The average molecular weight is 319 g/mol. The number of thiazole rings is 1. The summed E-state index contributed by atoms with van der Waals surface area (Å²) < 4.78 is 1.96. The molecule has 0 saturated carbocycles. The first-order valence-electron chi connectivity index (χ1n) is 7.20. The van der Waals surface area contributed by atoms with Crippen LogP contribution in [0.4, 0.5) is 0 Å². The van der Waals surface area contributed by atoms with Crippen LogP contribution in [0.25, 0.3) is 10.6 Å². The minimum absolute atomic E-state index is 0.515. The Bertz CT molecular complexity index is 643. The lowest BCUT2D eigenvalue weighted by Crippen LogP contribution is -2.13. The van der Waals surface area contributed by atoms with Gasteiger partial charge >= 0.3 is 0 Å². The Balaban J connectivity index is 2.44. The van der Waals surface area contributed by atoms with E-state index in [-0.39, 0.29) is 0 Å². The Morgan fingerprint density at radius 2 is 2.14 bits per heavy atom. The van der Waals surface area contributed by atoms with Crippen LogP contribution in [0.1, 0.15) is 26.7 Å². The van der Waals surface area contributed by atoms with Crippen LogP contribution >= 0.6 is 22.7 Å². The number of rotatable bonds is 7. The van der Waals surface area contributed by atoms with Gasteiger partial charge < -0.3 is 0 Å². The highest BCUT2D eigenvalue weighted by molar-refractivity contribution is 7.14. The zero-order valence-corrected chi connectivity index (χ0v) is 14.2. The fourth-order valence-electron chi connectivity index (χ4n) is 1.92. The molecular formula is C16H21N3S2. The number of thiophene rings is 1. The Morgan fingerprint density at radius 3 is 2.76 bits per heavy atom. The summed E-state index contributed by atoms with van der Waals surface area (Å²) >= 11 is 3.35. The predicted molar refractivity (Wildman–Crippen MR) is 94.2 cm³/mol. The zero-order chi connectivity index (χ0) is 15.1. The smallest absolute Gasteiger partial charge is 0.206 e. The van der Waals surface area contributed by atoms with Crippen LogP contribution in [0.5, 0.6) is 0 Å². The molecule has 0 saturated heterocycles. The molecule has 5 heteroatoms. The van der Waals surface area contributed by atoms with Crippen molar-refractivity contribution in [1.29, 1.82) is 0 Å². The molecule has 0 atom stereocenters. The lowest BCUT2D eigenvalue weighted by Gasteiger charge is -2.05. The minimum Gasteiger partial charge on any atom is -0.253 e. The Hall–Kier alpha value is -1.46. The van der Waals surface area contributed by atoms with Crippen LogP contribution in [-0.2, 0) is 0 Å². The molecule has 2 rings (SSSR count). The molecule has 0 aliphatic heterocycles. The molecule has 0 spiro atoms. The van der Waals surface area contributed by atoms with Crippen LogP contribution in [0.3, 0.4) is 0 Å². The van der Waals surface area contributed by atoms with Crippen LogP contribution in [-0.4, -0.2) is 17.4 Å². The molecule has 0 fully saturated rings. The van der Waals surface area contributed by atoms with Crippen LogP contribution < -0.4 is 4.80 Å². The van der Waals surface area contributed by atoms with Crippen molar-refractivity contribution >= 4 is 28.9 Å². The summed E-state index contributed by atoms with van der Waals surface area (Å²) in [5, 5.41) is 8.91. The zero-order valence-electron chi connectivity index (χ0n) is 12.5. The van der Waals surface area contributed by atoms with E-state index in [0.29, 0.717) is 12.5 Å². The summed E-state index contributed by atoms with van der Waals surface area (Å²) in [5.41, 5.74) is 1.11. The van der Waals surface area contributed by atoms with Gasteiger partial charge in [0.1, 0.15) is 0 Å². The van der Waals surface area contributed by atoms with Crippen LogP contribution in [0, 0.1) is 5.92 Å². The quantitative estimate of drug-likeness (QED) is 0.526. The highest BCUT2D eigenvalue weighted by atomic mass is 32.1. The molecule has 0 aliphatic rings. The highest BCUT2D eigenvalue weighted by Crippen LogP contribution is 2.25. The summed E-state index contributed by atoms with van der Waals surface area (Å²) in [6.45, 7) is 8.74.